The molecule has 0 heterocycles. The molecule has 20 heavy (non-hydrogen) atoms. The second-order valence-corrected chi connectivity index (χ2v) is 5.27. The lowest BCUT2D eigenvalue weighted by molar-refractivity contribution is 0.0364. The predicted octanol–water partition coefficient (Wildman–Crippen LogP) is 3.32. The Bertz CT molecular complexity index is 424. The van der Waals surface area contributed by atoms with Gasteiger partial charge in [0.15, 0.2) is 0 Å². The maximum Gasteiger partial charge on any atom is 0.0783 e. The van der Waals surface area contributed by atoms with E-state index in [1.807, 2.05) is 37.3 Å². The molecule has 0 bridgehead atoms. The largest absolute Gasteiger partial charge is 0.309 e. The Kier molecular flexibility index (Phi) is 7.70. The van der Waals surface area contributed by atoms with Crippen LogP contribution in [0.2, 0.25) is 0 Å². The highest BCUT2D eigenvalue weighted by atomic mass is 16.6. The summed E-state index contributed by atoms with van der Waals surface area (Å²) in [5.74, 6) is 0.494. The van der Waals surface area contributed by atoms with Gasteiger partial charge in [-0.05, 0) is 38.6 Å². The van der Waals surface area contributed by atoms with E-state index in [9.17, 15) is 0 Å². The first-order chi connectivity index (χ1) is 9.61. The molecule has 0 aliphatic rings. The number of hydrogen-bond acceptors (Lipinski definition) is 3. The minimum atomic E-state index is 0.494. The molecule has 1 atom stereocenters. The summed E-state index contributed by atoms with van der Waals surface area (Å²) in [6.07, 6.45) is 6.08. The highest BCUT2D eigenvalue weighted by Gasteiger charge is 2.03. The first kappa shape index (κ1) is 16.5. The van der Waals surface area contributed by atoms with E-state index < -0.39 is 0 Å². The molecule has 1 rings (SSSR count). The average Bonchev–Trinajstić information content (AvgIpc) is 2.43. The molecule has 3 heteroatoms. The van der Waals surface area contributed by atoms with Crippen LogP contribution in [0, 0.1) is 5.92 Å². The summed E-state index contributed by atoms with van der Waals surface area (Å²) in [6.45, 7) is 5.88. The van der Waals surface area contributed by atoms with Crippen LogP contribution >= 0.6 is 0 Å². The molecule has 0 spiro atoms. The summed E-state index contributed by atoms with van der Waals surface area (Å²) in [7, 11) is 4.15. The molecule has 0 fully saturated rings. The van der Waals surface area contributed by atoms with Gasteiger partial charge >= 0.3 is 0 Å². The van der Waals surface area contributed by atoms with Crippen molar-refractivity contribution < 1.29 is 4.84 Å². The molecule has 110 valence electrons. The zero-order chi connectivity index (χ0) is 14.8. The van der Waals surface area contributed by atoms with E-state index in [2.05, 4.69) is 49.6 Å². The van der Waals surface area contributed by atoms with Crippen molar-refractivity contribution in [3.8, 4) is 0 Å². The van der Waals surface area contributed by atoms with Crippen LogP contribution in [0.25, 0.3) is 6.08 Å². The standard InChI is InChI=1S/C17H26N2O/c1-5-17(12-11-16-9-7-6-8-10-16)18-20-14-15(2)13-19(3)4/h5-12,15,18H,13-14H2,1-4H3/t15-/m1/s1. The van der Waals surface area contributed by atoms with Crippen LogP contribution in [-0.4, -0.2) is 32.1 Å². The van der Waals surface area contributed by atoms with E-state index in [4.69, 9.17) is 4.84 Å². The molecule has 0 aliphatic carbocycles. The molecular formula is C17H26N2O. The molecule has 0 unspecified atom stereocenters. The number of allylic oxidation sites excluding steroid dienone is 2. The number of rotatable bonds is 8. The fourth-order valence-electron chi connectivity index (χ4n) is 1.88. The first-order valence-electron chi connectivity index (χ1n) is 7.03. The summed E-state index contributed by atoms with van der Waals surface area (Å²) >= 11 is 0. The lowest BCUT2D eigenvalue weighted by Gasteiger charge is -2.17. The van der Waals surface area contributed by atoms with Gasteiger partial charge in [-0.2, -0.15) is 0 Å². The number of nitrogens with zero attached hydrogens (tertiary/aromatic N) is 1. The normalized spacial score (nSPS) is 13.9. The minimum Gasteiger partial charge on any atom is -0.309 e. The molecule has 0 aliphatic heterocycles. The zero-order valence-corrected chi connectivity index (χ0v) is 13.0. The van der Waals surface area contributed by atoms with Crippen molar-refractivity contribution in [3.05, 3.63) is 53.7 Å². The van der Waals surface area contributed by atoms with E-state index >= 15 is 0 Å². The fourth-order valence-corrected chi connectivity index (χ4v) is 1.88. The Morgan fingerprint density at radius 2 is 2.00 bits per heavy atom. The summed E-state index contributed by atoms with van der Waals surface area (Å²) in [6, 6.07) is 10.2. The van der Waals surface area contributed by atoms with Crippen molar-refractivity contribution in [2.24, 2.45) is 5.92 Å². The fraction of sp³-hybridized carbons (Fsp3) is 0.412. The van der Waals surface area contributed by atoms with Crippen molar-refractivity contribution in [1.82, 2.24) is 10.4 Å². The van der Waals surface area contributed by atoms with E-state index in [1.54, 1.807) is 0 Å². The molecule has 0 amide bonds. The van der Waals surface area contributed by atoms with E-state index in [0.717, 1.165) is 12.2 Å². The Morgan fingerprint density at radius 3 is 2.60 bits per heavy atom. The van der Waals surface area contributed by atoms with Crippen LogP contribution < -0.4 is 5.48 Å². The van der Waals surface area contributed by atoms with Crippen molar-refractivity contribution in [3.63, 3.8) is 0 Å². The van der Waals surface area contributed by atoms with E-state index in [-0.39, 0.29) is 0 Å². The minimum absolute atomic E-state index is 0.494. The number of benzene rings is 1. The first-order valence-corrected chi connectivity index (χ1v) is 7.03. The summed E-state index contributed by atoms with van der Waals surface area (Å²) in [4.78, 5) is 7.71. The van der Waals surface area contributed by atoms with Gasteiger partial charge in [-0.15, -0.1) is 0 Å². The van der Waals surface area contributed by atoms with Crippen LogP contribution in [0.1, 0.15) is 19.4 Å². The maximum absolute atomic E-state index is 5.54. The molecule has 0 aromatic heterocycles. The van der Waals surface area contributed by atoms with E-state index in [1.165, 1.54) is 5.56 Å². The van der Waals surface area contributed by atoms with Crippen LogP contribution in [0.15, 0.2) is 48.2 Å². The number of hydrogen-bond donors (Lipinski definition) is 1. The third-order valence-corrected chi connectivity index (χ3v) is 2.80. The van der Waals surface area contributed by atoms with Gasteiger partial charge < -0.3 is 4.90 Å². The third kappa shape index (κ3) is 7.12. The van der Waals surface area contributed by atoms with Gasteiger partial charge in [0.1, 0.15) is 0 Å². The van der Waals surface area contributed by atoms with Gasteiger partial charge in [-0.1, -0.05) is 49.4 Å². The molecule has 1 aromatic rings. The van der Waals surface area contributed by atoms with Crippen LogP contribution in [0.3, 0.4) is 0 Å². The summed E-state index contributed by atoms with van der Waals surface area (Å²) < 4.78 is 0. The summed E-state index contributed by atoms with van der Waals surface area (Å²) in [5.41, 5.74) is 5.14. The van der Waals surface area contributed by atoms with Gasteiger partial charge in [0.05, 0.1) is 12.3 Å². The Balaban J connectivity index is 2.36. The zero-order valence-electron chi connectivity index (χ0n) is 13.0. The highest BCUT2D eigenvalue weighted by Crippen LogP contribution is 2.04. The molecule has 0 saturated carbocycles. The number of hydroxylamine groups is 1. The lowest BCUT2D eigenvalue weighted by Crippen LogP contribution is -2.25. The predicted molar refractivity (Wildman–Crippen MR) is 86.0 cm³/mol. The molecular weight excluding hydrogens is 248 g/mol. The van der Waals surface area contributed by atoms with Gasteiger partial charge in [-0.3, -0.25) is 10.3 Å². The van der Waals surface area contributed by atoms with Gasteiger partial charge in [-0.25, -0.2) is 0 Å². The molecule has 0 radical (unpaired) electrons. The summed E-state index contributed by atoms with van der Waals surface area (Å²) in [5, 5.41) is 0. The molecule has 3 nitrogen and oxygen atoms in total. The smallest absolute Gasteiger partial charge is 0.0783 e. The molecule has 0 saturated heterocycles. The quantitative estimate of drug-likeness (QED) is 0.581. The van der Waals surface area contributed by atoms with Crippen molar-refractivity contribution in [2.75, 3.05) is 27.2 Å². The topological polar surface area (TPSA) is 24.5 Å². The SMILES string of the molecule is CC=C(C=Cc1ccccc1)NOC[C@H](C)CN(C)C. The van der Waals surface area contributed by atoms with Crippen molar-refractivity contribution in [2.45, 2.75) is 13.8 Å². The lowest BCUT2D eigenvalue weighted by atomic mass is 10.2. The van der Waals surface area contributed by atoms with Gasteiger partial charge in [0, 0.05) is 6.54 Å². The Hall–Kier alpha value is -1.58. The van der Waals surface area contributed by atoms with Crippen molar-refractivity contribution >= 4 is 6.08 Å². The van der Waals surface area contributed by atoms with Crippen LogP contribution in [0.5, 0.6) is 0 Å². The Morgan fingerprint density at radius 1 is 1.30 bits per heavy atom. The average molecular weight is 274 g/mol. The highest BCUT2D eigenvalue weighted by molar-refractivity contribution is 5.52. The number of nitrogens with one attached hydrogen (secondary N) is 1. The maximum atomic E-state index is 5.54. The van der Waals surface area contributed by atoms with Gasteiger partial charge in [0.25, 0.3) is 0 Å². The van der Waals surface area contributed by atoms with Crippen molar-refractivity contribution in [1.29, 1.82) is 0 Å². The van der Waals surface area contributed by atoms with Crippen LogP contribution in [0.4, 0.5) is 0 Å². The Labute approximate surface area is 122 Å². The second-order valence-electron chi connectivity index (χ2n) is 5.27. The third-order valence-electron chi connectivity index (χ3n) is 2.80. The van der Waals surface area contributed by atoms with Crippen LogP contribution in [-0.2, 0) is 4.84 Å². The van der Waals surface area contributed by atoms with E-state index in [0.29, 0.717) is 12.5 Å². The second kappa shape index (κ2) is 9.34. The molecule has 1 aromatic carbocycles. The molecule has 1 N–H and O–H groups in total. The monoisotopic (exact) mass is 274 g/mol. The van der Waals surface area contributed by atoms with Gasteiger partial charge in [0.2, 0.25) is 0 Å².